The van der Waals surface area contributed by atoms with E-state index in [1.54, 1.807) is 0 Å². The van der Waals surface area contributed by atoms with E-state index in [2.05, 4.69) is 28.1 Å². The highest BCUT2D eigenvalue weighted by Gasteiger charge is 2.22. The van der Waals surface area contributed by atoms with E-state index < -0.39 is 5.60 Å². The molecule has 0 heterocycles. The molecule has 0 amide bonds. The fraction of sp³-hybridized carbons (Fsp3) is 0.250. The molecule has 0 radical (unpaired) electrons. The molecule has 0 aliphatic carbocycles. The summed E-state index contributed by atoms with van der Waals surface area (Å²) in [7, 11) is 0. The Hall–Kier alpha value is -1.12. The van der Waals surface area contributed by atoms with E-state index in [-0.39, 0.29) is 0 Å². The van der Waals surface area contributed by atoms with Crippen LogP contribution in [-0.4, -0.2) is 5.11 Å². The molecule has 0 unspecified atom stereocenters. The summed E-state index contributed by atoms with van der Waals surface area (Å²) in [6.45, 7) is 1.88. The molecule has 0 saturated carbocycles. The third-order valence-electron chi connectivity index (χ3n) is 3.21. The van der Waals surface area contributed by atoms with E-state index in [1.165, 1.54) is 5.56 Å². The van der Waals surface area contributed by atoms with Gasteiger partial charge in [0.05, 0.1) is 5.60 Å². The Labute approximate surface area is 117 Å². The maximum atomic E-state index is 10.5. The lowest BCUT2D eigenvalue weighted by molar-refractivity contribution is 0.0480. The van der Waals surface area contributed by atoms with E-state index in [0.717, 1.165) is 22.9 Å². The van der Waals surface area contributed by atoms with Crippen LogP contribution in [-0.2, 0) is 12.0 Å². The molecule has 0 aromatic heterocycles. The lowest BCUT2D eigenvalue weighted by atomic mass is 9.89. The number of halogens is 1. The number of aliphatic hydroxyl groups is 1. The van der Waals surface area contributed by atoms with Crippen LogP contribution in [0.2, 0.25) is 0 Å². The van der Waals surface area contributed by atoms with Gasteiger partial charge in [-0.3, -0.25) is 0 Å². The summed E-state index contributed by atoms with van der Waals surface area (Å²) in [4.78, 5) is 0. The van der Waals surface area contributed by atoms with Crippen LogP contribution in [0.3, 0.4) is 0 Å². The fourth-order valence-electron chi connectivity index (χ4n) is 1.98. The van der Waals surface area contributed by atoms with Crippen molar-refractivity contribution >= 4 is 15.9 Å². The molecular formula is C16H17BrO. The van der Waals surface area contributed by atoms with Crippen LogP contribution in [0.25, 0.3) is 0 Å². The Morgan fingerprint density at radius 1 is 1.00 bits per heavy atom. The van der Waals surface area contributed by atoms with Crippen LogP contribution >= 0.6 is 15.9 Å². The lowest BCUT2D eigenvalue weighted by Gasteiger charge is -2.23. The Morgan fingerprint density at radius 2 is 1.61 bits per heavy atom. The minimum absolute atomic E-state index is 0.721. The van der Waals surface area contributed by atoms with E-state index in [1.807, 2.05) is 49.4 Å². The topological polar surface area (TPSA) is 20.2 Å². The average Bonchev–Trinajstić information content (AvgIpc) is 2.39. The first kappa shape index (κ1) is 13.3. The lowest BCUT2D eigenvalue weighted by Crippen LogP contribution is -2.21. The predicted octanol–water partition coefficient (Wildman–Crippen LogP) is 4.29. The van der Waals surface area contributed by atoms with Crippen molar-refractivity contribution in [3.8, 4) is 0 Å². The molecule has 1 nitrogen and oxygen atoms in total. The molecule has 18 heavy (non-hydrogen) atoms. The quantitative estimate of drug-likeness (QED) is 0.893. The summed E-state index contributed by atoms with van der Waals surface area (Å²) in [5, 5.41) is 10.5. The normalized spacial score (nSPS) is 14.2. The first-order chi connectivity index (χ1) is 8.58. The summed E-state index contributed by atoms with van der Waals surface area (Å²) in [6, 6.07) is 18.1. The number of aryl methyl sites for hydroxylation is 1. The second-order valence-electron chi connectivity index (χ2n) is 4.77. The van der Waals surface area contributed by atoms with Crippen LogP contribution in [0.4, 0.5) is 0 Å². The van der Waals surface area contributed by atoms with Crippen LogP contribution in [0.1, 0.15) is 24.5 Å². The van der Waals surface area contributed by atoms with Gasteiger partial charge in [-0.05, 0) is 43.0 Å². The van der Waals surface area contributed by atoms with Crippen molar-refractivity contribution < 1.29 is 5.11 Å². The maximum absolute atomic E-state index is 10.5. The number of benzene rings is 2. The van der Waals surface area contributed by atoms with E-state index in [0.29, 0.717) is 0 Å². The van der Waals surface area contributed by atoms with Crippen molar-refractivity contribution in [3.63, 3.8) is 0 Å². The van der Waals surface area contributed by atoms with Gasteiger partial charge in [0.1, 0.15) is 0 Å². The Kier molecular flexibility index (Phi) is 4.20. The highest BCUT2D eigenvalue weighted by atomic mass is 79.9. The van der Waals surface area contributed by atoms with Crippen LogP contribution in [0, 0.1) is 0 Å². The Bertz CT molecular complexity index is 488. The van der Waals surface area contributed by atoms with Gasteiger partial charge in [0.15, 0.2) is 0 Å². The highest BCUT2D eigenvalue weighted by molar-refractivity contribution is 9.10. The first-order valence-electron chi connectivity index (χ1n) is 6.10. The zero-order chi connectivity index (χ0) is 13.0. The minimum atomic E-state index is -0.770. The van der Waals surface area contributed by atoms with E-state index in [4.69, 9.17) is 0 Å². The average molecular weight is 305 g/mol. The second-order valence-corrected chi connectivity index (χ2v) is 5.68. The molecule has 2 aromatic carbocycles. The van der Waals surface area contributed by atoms with Gasteiger partial charge < -0.3 is 5.11 Å². The molecule has 0 bridgehead atoms. The minimum Gasteiger partial charge on any atom is -0.385 e. The zero-order valence-electron chi connectivity index (χ0n) is 10.4. The van der Waals surface area contributed by atoms with Gasteiger partial charge in [-0.1, -0.05) is 58.4 Å². The van der Waals surface area contributed by atoms with Crippen LogP contribution in [0.15, 0.2) is 59.1 Å². The largest absolute Gasteiger partial charge is 0.385 e. The molecule has 2 heteroatoms. The molecule has 1 N–H and O–H groups in total. The SMILES string of the molecule is C[C@@](O)(CCc1ccc(Br)cc1)c1ccccc1. The standard InChI is InChI=1S/C16H17BrO/c1-16(18,14-5-3-2-4-6-14)12-11-13-7-9-15(17)10-8-13/h2-10,18H,11-12H2,1H3/t16-/m1/s1. The molecule has 94 valence electrons. The van der Waals surface area contributed by atoms with Gasteiger partial charge in [0.2, 0.25) is 0 Å². The molecule has 2 aromatic rings. The maximum Gasteiger partial charge on any atom is 0.0871 e. The van der Waals surface area contributed by atoms with Gasteiger partial charge in [-0.25, -0.2) is 0 Å². The highest BCUT2D eigenvalue weighted by Crippen LogP contribution is 2.26. The van der Waals surface area contributed by atoms with Crippen molar-refractivity contribution in [2.45, 2.75) is 25.4 Å². The monoisotopic (exact) mass is 304 g/mol. The summed E-state index contributed by atoms with van der Waals surface area (Å²) in [5.74, 6) is 0. The summed E-state index contributed by atoms with van der Waals surface area (Å²) < 4.78 is 1.08. The molecule has 0 aliphatic heterocycles. The van der Waals surface area contributed by atoms with Gasteiger partial charge in [0.25, 0.3) is 0 Å². The van der Waals surface area contributed by atoms with E-state index in [9.17, 15) is 5.11 Å². The second kappa shape index (κ2) is 5.68. The number of hydrogen-bond donors (Lipinski definition) is 1. The summed E-state index contributed by atoms with van der Waals surface area (Å²) in [5.41, 5.74) is 1.45. The van der Waals surface area contributed by atoms with Crippen molar-refractivity contribution in [3.05, 3.63) is 70.2 Å². The summed E-state index contributed by atoms with van der Waals surface area (Å²) in [6.07, 6.45) is 1.59. The molecule has 0 spiro atoms. The third-order valence-corrected chi connectivity index (χ3v) is 3.74. The van der Waals surface area contributed by atoms with Crippen LogP contribution in [0.5, 0.6) is 0 Å². The predicted molar refractivity (Wildman–Crippen MR) is 78.5 cm³/mol. The van der Waals surface area contributed by atoms with Gasteiger partial charge in [-0.15, -0.1) is 0 Å². The van der Waals surface area contributed by atoms with Gasteiger partial charge in [-0.2, -0.15) is 0 Å². The van der Waals surface area contributed by atoms with Gasteiger partial charge >= 0.3 is 0 Å². The van der Waals surface area contributed by atoms with Gasteiger partial charge in [0, 0.05) is 4.47 Å². The molecule has 0 fully saturated rings. The third kappa shape index (κ3) is 3.44. The van der Waals surface area contributed by atoms with Crippen LogP contribution < -0.4 is 0 Å². The summed E-state index contributed by atoms with van der Waals surface area (Å²) >= 11 is 3.42. The fourth-order valence-corrected chi connectivity index (χ4v) is 2.24. The smallest absolute Gasteiger partial charge is 0.0871 e. The number of rotatable bonds is 4. The molecule has 0 saturated heterocycles. The van der Waals surface area contributed by atoms with Crippen molar-refractivity contribution in [1.82, 2.24) is 0 Å². The zero-order valence-corrected chi connectivity index (χ0v) is 12.0. The number of hydrogen-bond acceptors (Lipinski definition) is 1. The van der Waals surface area contributed by atoms with Crippen molar-refractivity contribution in [1.29, 1.82) is 0 Å². The Balaban J connectivity index is 2.03. The van der Waals surface area contributed by atoms with E-state index >= 15 is 0 Å². The molecule has 0 aliphatic rings. The van der Waals surface area contributed by atoms with Crippen molar-refractivity contribution in [2.24, 2.45) is 0 Å². The van der Waals surface area contributed by atoms with Crippen molar-refractivity contribution in [2.75, 3.05) is 0 Å². The Morgan fingerprint density at radius 3 is 2.22 bits per heavy atom. The first-order valence-corrected chi connectivity index (χ1v) is 6.89. The molecular weight excluding hydrogens is 288 g/mol. The molecule has 2 rings (SSSR count). The molecule has 1 atom stereocenters.